The van der Waals surface area contributed by atoms with Gasteiger partial charge in [0.2, 0.25) is 0 Å². The first kappa shape index (κ1) is 18.9. The van der Waals surface area contributed by atoms with Gasteiger partial charge in [0.1, 0.15) is 11.5 Å². The van der Waals surface area contributed by atoms with Crippen LogP contribution in [0.25, 0.3) is 28.0 Å². The van der Waals surface area contributed by atoms with Crippen molar-refractivity contribution in [1.82, 2.24) is 19.3 Å². The van der Waals surface area contributed by atoms with Gasteiger partial charge in [0.25, 0.3) is 0 Å². The van der Waals surface area contributed by atoms with E-state index in [1.807, 2.05) is 44.3 Å². The average Bonchev–Trinajstić information content (AvgIpc) is 3.24. The number of phenols is 2. The highest BCUT2D eigenvalue weighted by atomic mass is 16.3. The fraction of sp³-hybridized carbons (Fsp3) is 0.273. The zero-order chi connectivity index (χ0) is 20.9. The molecule has 2 aromatic heterocycles. The SMILES string of the molecule is CC(C)c1cc(-c2n[nH]c(=O)n2-c2ccc3c(ccn3C(C)C)c2)c(O)cc1O. The van der Waals surface area contributed by atoms with Crippen LogP contribution in [0.2, 0.25) is 0 Å². The van der Waals surface area contributed by atoms with Gasteiger partial charge in [0, 0.05) is 29.2 Å². The normalized spacial score (nSPS) is 11.8. The zero-order valence-corrected chi connectivity index (χ0v) is 16.8. The van der Waals surface area contributed by atoms with Crippen LogP contribution < -0.4 is 5.69 Å². The highest BCUT2D eigenvalue weighted by molar-refractivity contribution is 5.83. The number of rotatable bonds is 4. The molecule has 2 aromatic carbocycles. The smallest absolute Gasteiger partial charge is 0.348 e. The molecule has 3 N–H and O–H groups in total. The molecule has 150 valence electrons. The molecule has 0 radical (unpaired) electrons. The van der Waals surface area contributed by atoms with E-state index in [1.54, 1.807) is 6.07 Å². The number of nitrogens with zero attached hydrogens (tertiary/aromatic N) is 3. The van der Waals surface area contributed by atoms with Gasteiger partial charge in [-0.3, -0.25) is 0 Å². The maximum absolute atomic E-state index is 12.6. The Balaban J connectivity index is 1.91. The molecule has 0 unspecified atom stereocenters. The van der Waals surface area contributed by atoms with E-state index >= 15 is 0 Å². The predicted octanol–water partition coefficient (Wildman–Crippen LogP) is 4.30. The maximum atomic E-state index is 12.6. The van der Waals surface area contributed by atoms with Gasteiger partial charge < -0.3 is 14.8 Å². The third kappa shape index (κ3) is 3.08. The summed E-state index contributed by atoms with van der Waals surface area (Å²) < 4.78 is 3.60. The number of aromatic nitrogens is 4. The Bertz CT molecular complexity index is 1260. The van der Waals surface area contributed by atoms with Crippen LogP contribution in [0.5, 0.6) is 11.5 Å². The lowest BCUT2D eigenvalue weighted by molar-refractivity contribution is 0.444. The number of H-pyrrole nitrogens is 1. The fourth-order valence-corrected chi connectivity index (χ4v) is 3.69. The minimum atomic E-state index is -0.402. The number of hydrogen-bond donors (Lipinski definition) is 3. The number of aromatic amines is 1. The van der Waals surface area contributed by atoms with Crippen molar-refractivity contribution in [2.75, 3.05) is 0 Å². The van der Waals surface area contributed by atoms with Gasteiger partial charge in [0.15, 0.2) is 5.82 Å². The summed E-state index contributed by atoms with van der Waals surface area (Å²) in [7, 11) is 0. The molecule has 0 amide bonds. The van der Waals surface area contributed by atoms with Crippen molar-refractivity contribution in [1.29, 1.82) is 0 Å². The summed E-state index contributed by atoms with van der Waals surface area (Å²) in [5, 5.41) is 28.2. The van der Waals surface area contributed by atoms with Crippen LogP contribution in [0, 0.1) is 0 Å². The first-order valence-corrected chi connectivity index (χ1v) is 9.62. The first-order valence-electron chi connectivity index (χ1n) is 9.62. The van der Waals surface area contributed by atoms with Crippen LogP contribution in [0.15, 0.2) is 47.4 Å². The van der Waals surface area contributed by atoms with Crippen LogP contribution in [-0.4, -0.2) is 29.5 Å². The zero-order valence-electron chi connectivity index (χ0n) is 16.8. The highest BCUT2D eigenvalue weighted by Gasteiger charge is 2.20. The van der Waals surface area contributed by atoms with Gasteiger partial charge in [-0.15, -0.1) is 0 Å². The van der Waals surface area contributed by atoms with Crippen LogP contribution in [0.4, 0.5) is 0 Å². The summed E-state index contributed by atoms with van der Waals surface area (Å²) in [5.74, 6) is 0.207. The molecule has 2 heterocycles. The van der Waals surface area contributed by atoms with Crippen molar-refractivity contribution in [2.24, 2.45) is 0 Å². The molecule has 0 spiro atoms. The lowest BCUT2D eigenvalue weighted by atomic mass is 9.98. The average molecular weight is 392 g/mol. The van der Waals surface area contributed by atoms with Gasteiger partial charge in [-0.1, -0.05) is 13.8 Å². The van der Waals surface area contributed by atoms with Crippen molar-refractivity contribution in [3.63, 3.8) is 0 Å². The standard InChI is InChI=1S/C22H24N4O3/c1-12(2)16-10-17(20(28)11-19(16)27)21-23-24-22(29)26(21)15-5-6-18-14(9-15)7-8-25(18)13(3)4/h5-13,27-28H,1-4H3,(H,24,29). The molecule has 0 aliphatic rings. The second-order valence-electron chi connectivity index (χ2n) is 7.83. The van der Waals surface area contributed by atoms with E-state index < -0.39 is 5.69 Å². The maximum Gasteiger partial charge on any atom is 0.348 e. The highest BCUT2D eigenvalue weighted by Crippen LogP contribution is 2.37. The molecule has 0 aliphatic heterocycles. The van der Waals surface area contributed by atoms with E-state index in [4.69, 9.17) is 0 Å². The van der Waals surface area contributed by atoms with E-state index in [1.165, 1.54) is 10.6 Å². The molecule has 0 saturated heterocycles. The quantitative estimate of drug-likeness (QED) is 0.482. The van der Waals surface area contributed by atoms with Crippen molar-refractivity contribution in [3.05, 3.63) is 58.6 Å². The molecular formula is C22H24N4O3. The van der Waals surface area contributed by atoms with Crippen LogP contribution in [0.3, 0.4) is 0 Å². The second-order valence-corrected chi connectivity index (χ2v) is 7.83. The lowest BCUT2D eigenvalue weighted by Gasteiger charge is -2.13. The Morgan fingerprint density at radius 2 is 1.76 bits per heavy atom. The molecule has 7 nitrogen and oxygen atoms in total. The minimum absolute atomic E-state index is 0.0159. The number of nitrogens with one attached hydrogen (secondary N) is 1. The molecule has 29 heavy (non-hydrogen) atoms. The molecule has 0 atom stereocenters. The Labute approximate surface area is 167 Å². The number of fused-ring (bicyclic) bond motifs is 1. The number of aromatic hydroxyl groups is 2. The van der Waals surface area contributed by atoms with Gasteiger partial charge in [-0.25, -0.2) is 14.5 Å². The minimum Gasteiger partial charge on any atom is -0.508 e. The molecule has 0 bridgehead atoms. The number of benzene rings is 2. The summed E-state index contributed by atoms with van der Waals surface area (Å²) >= 11 is 0. The topological polar surface area (TPSA) is 96.1 Å². The van der Waals surface area contributed by atoms with Crippen LogP contribution in [0.1, 0.15) is 45.2 Å². The molecule has 0 saturated carbocycles. The molecule has 7 heteroatoms. The van der Waals surface area contributed by atoms with Gasteiger partial charge in [0.05, 0.1) is 11.3 Å². The Kier molecular flexibility index (Phi) is 4.45. The van der Waals surface area contributed by atoms with Crippen molar-refractivity contribution < 1.29 is 10.2 Å². The Morgan fingerprint density at radius 1 is 1.00 bits per heavy atom. The van der Waals surface area contributed by atoms with Gasteiger partial charge >= 0.3 is 5.69 Å². The summed E-state index contributed by atoms with van der Waals surface area (Å²) in [6, 6.07) is 11.1. The molecule has 0 fully saturated rings. The molecular weight excluding hydrogens is 368 g/mol. The third-order valence-corrected chi connectivity index (χ3v) is 5.20. The van der Waals surface area contributed by atoms with E-state index in [-0.39, 0.29) is 23.2 Å². The summed E-state index contributed by atoms with van der Waals surface area (Å²) in [4.78, 5) is 12.6. The number of hydrogen-bond acceptors (Lipinski definition) is 4. The van der Waals surface area contributed by atoms with Crippen molar-refractivity contribution in [2.45, 2.75) is 39.7 Å². The Morgan fingerprint density at radius 3 is 2.45 bits per heavy atom. The van der Waals surface area contributed by atoms with Crippen LogP contribution in [-0.2, 0) is 0 Å². The molecule has 4 rings (SSSR count). The van der Waals surface area contributed by atoms with Crippen molar-refractivity contribution >= 4 is 10.9 Å². The lowest BCUT2D eigenvalue weighted by Crippen LogP contribution is -2.15. The first-order chi connectivity index (χ1) is 13.8. The summed E-state index contributed by atoms with van der Waals surface area (Å²) in [6.45, 7) is 8.12. The van der Waals surface area contributed by atoms with Crippen molar-refractivity contribution in [3.8, 4) is 28.6 Å². The molecule has 0 aliphatic carbocycles. The fourth-order valence-electron chi connectivity index (χ4n) is 3.69. The van der Waals surface area contributed by atoms with E-state index in [0.29, 0.717) is 22.9 Å². The number of phenolic OH excluding ortho intramolecular Hbond substituents is 2. The van der Waals surface area contributed by atoms with Gasteiger partial charge in [-0.05, 0) is 55.7 Å². The van der Waals surface area contributed by atoms with E-state index in [2.05, 4.69) is 28.6 Å². The second kappa shape index (κ2) is 6.84. The summed E-state index contributed by atoms with van der Waals surface area (Å²) in [6.07, 6.45) is 2.03. The Hall–Kier alpha value is -3.48. The predicted molar refractivity (Wildman–Crippen MR) is 113 cm³/mol. The van der Waals surface area contributed by atoms with Crippen LogP contribution >= 0.6 is 0 Å². The summed E-state index contributed by atoms with van der Waals surface area (Å²) in [5.41, 5.74) is 2.37. The van der Waals surface area contributed by atoms with E-state index in [0.717, 1.165) is 10.9 Å². The molecule has 4 aromatic rings. The third-order valence-electron chi connectivity index (χ3n) is 5.20. The van der Waals surface area contributed by atoms with E-state index in [9.17, 15) is 15.0 Å². The van der Waals surface area contributed by atoms with Gasteiger partial charge in [-0.2, -0.15) is 5.10 Å². The largest absolute Gasteiger partial charge is 0.508 e. The monoisotopic (exact) mass is 392 g/mol.